The smallest absolute Gasteiger partial charge is 0.188 e. The first-order chi connectivity index (χ1) is 9.81. The molecule has 1 saturated heterocycles. The molecule has 0 atom stereocenters. The van der Waals surface area contributed by atoms with E-state index in [0.29, 0.717) is 24.7 Å². The Morgan fingerprint density at radius 1 is 1.35 bits per heavy atom. The first-order valence-corrected chi connectivity index (χ1v) is 6.91. The zero-order valence-corrected chi connectivity index (χ0v) is 11.8. The van der Waals surface area contributed by atoms with Gasteiger partial charge in [-0.2, -0.15) is 0 Å². The average molecular weight is 283 g/mol. The van der Waals surface area contributed by atoms with Gasteiger partial charge in [0.1, 0.15) is 6.61 Å². The van der Waals surface area contributed by atoms with Crippen molar-refractivity contribution in [1.82, 2.24) is 10.2 Å². The van der Waals surface area contributed by atoms with Gasteiger partial charge in [-0.25, -0.2) is 4.39 Å². The number of benzene rings is 1. The molecule has 1 aliphatic rings. The normalized spacial score (nSPS) is 16.1. The molecule has 0 aromatic heterocycles. The summed E-state index contributed by atoms with van der Waals surface area (Å²) in [4.78, 5) is 2.25. The van der Waals surface area contributed by atoms with Crippen molar-refractivity contribution in [2.24, 2.45) is 0 Å². The molecule has 1 heterocycles. The van der Waals surface area contributed by atoms with Crippen molar-refractivity contribution in [1.29, 1.82) is 0 Å². The van der Waals surface area contributed by atoms with E-state index in [1.54, 1.807) is 25.2 Å². The van der Waals surface area contributed by atoms with Crippen LogP contribution >= 0.6 is 0 Å². The molecule has 1 aromatic carbocycles. The van der Waals surface area contributed by atoms with Crippen LogP contribution in [0, 0.1) is 5.82 Å². The van der Waals surface area contributed by atoms with E-state index in [1.165, 1.54) is 0 Å². The summed E-state index contributed by atoms with van der Waals surface area (Å²) in [6.07, 6.45) is 0. The van der Waals surface area contributed by atoms with Crippen LogP contribution in [0.5, 0.6) is 5.75 Å². The lowest BCUT2D eigenvalue weighted by Crippen LogP contribution is -2.38. The summed E-state index contributed by atoms with van der Waals surface area (Å²) in [6, 6.07) is 5.13. The Morgan fingerprint density at radius 2 is 2.15 bits per heavy atom. The summed E-state index contributed by atoms with van der Waals surface area (Å²) in [5.74, 6) is -0.0518. The molecule has 0 radical (unpaired) electrons. The van der Waals surface area contributed by atoms with Gasteiger partial charge in [-0.05, 0) is 19.2 Å². The summed E-state index contributed by atoms with van der Waals surface area (Å²) in [6.45, 7) is 5.12. The Balaban J connectivity index is 1.82. The zero-order chi connectivity index (χ0) is 14.2. The minimum absolute atomic E-state index is 0.291. The van der Waals surface area contributed by atoms with Crippen molar-refractivity contribution >= 4 is 5.69 Å². The van der Waals surface area contributed by atoms with Gasteiger partial charge in [-0.1, -0.05) is 6.07 Å². The van der Waals surface area contributed by atoms with Crippen molar-refractivity contribution in [2.75, 3.05) is 58.5 Å². The van der Waals surface area contributed by atoms with E-state index in [2.05, 4.69) is 15.5 Å². The van der Waals surface area contributed by atoms with Crippen molar-refractivity contribution in [2.45, 2.75) is 0 Å². The number of morpholine rings is 1. The van der Waals surface area contributed by atoms with E-state index in [-0.39, 0.29) is 5.82 Å². The number of rotatable bonds is 7. The van der Waals surface area contributed by atoms with E-state index < -0.39 is 0 Å². The number of nitrogens with one attached hydrogen (secondary N) is 2. The molecule has 2 N–H and O–H groups in total. The topological polar surface area (TPSA) is 45.8 Å². The molecule has 6 heteroatoms. The quantitative estimate of drug-likeness (QED) is 0.735. The van der Waals surface area contributed by atoms with E-state index in [4.69, 9.17) is 9.47 Å². The number of hydrogen-bond acceptors (Lipinski definition) is 5. The fourth-order valence-electron chi connectivity index (χ4n) is 2.05. The van der Waals surface area contributed by atoms with Gasteiger partial charge < -0.3 is 20.1 Å². The Bertz CT molecular complexity index is 411. The molecular formula is C14H22FN3O2. The Morgan fingerprint density at radius 3 is 2.90 bits per heavy atom. The molecule has 1 aliphatic heterocycles. The summed E-state index contributed by atoms with van der Waals surface area (Å²) in [7, 11) is 1.80. The molecule has 0 amide bonds. The third kappa shape index (κ3) is 4.33. The molecule has 1 aromatic rings. The first-order valence-electron chi connectivity index (χ1n) is 6.91. The van der Waals surface area contributed by atoms with Crippen LogP contribution in [0.25, 0.3) is 0 Å². The highest BCUT2D eigenvalue weighted by Crippen LogP contribution is 2.24. The maximum atomic E-state index is 14.1. The van der Waals surface area contributed by atoms with E-state index in [0.717, 1.165) is 32.8 Å². The van der Waals surface area contributed by atoms with Crippen LogP contribution in [0.3, 0.4) is 0 Å². The first kappa shape index (κ1) is 15.0. The van der Waals surface area contributed by atoms with Crippen molar-refractivity contribution < 1.29 is 13.9 Å². The summed E-state index contributed by atoms with van der Waals surface area (Å²) < 4.78 is 24.9. The minimum Gasteiger partial charge on any atom is -0.489 e. The second-order valence-corrected chi connectivity index (χ2v) is 4.63. The van der Waals surface area contributed by atoms with E-state index in [1.807, 2.05) is 0 Å². The van der Waals surface area contributed by atoms with Crippen LogP contribution in [-0.4, -0.2) is 58.1 Å². The van der Waals surface area contributed by atoms with Gasteiger partial charge in [-0.3, -0.25) is 4.90 Å². The molecule has 112 valence electrons. The lowest BCUT2D eigenvalue weighted by molar-refractivity contribution is 0.0320. The molecule has 20 heavy (non-hydrogen) atoms. The number of hydrogen-bond donors (Lipinski definition) is 2. The predicted molar refractivity (Wildman–Crippen MR) is 76.7 cm³/mol. The van der Waals surface area contributed by atoms with Crippen molar-refractivity contribution in [3.63, 3.8) is 0 Å². The van der Waals surface area contributed by atoms with Gasteiger partial charge in [0.2, 0.25) is 0 Å². The summed E-state index contributed by atoms with van der Waals surface area (Å²) in [5.41, 5.74) is 0.447. The molecular weight excluding hydrogens is 261 g/mol. The monoisotopic (exact) mass is 283 g/mol. The highest BCUT2D eigenvalue weighted by Gasteiger charge is 2.12. The van der Waals surface area contributed by atoms with Gasteiger partial charge >= 0.3 is 0 Å². The fourth-order valence-corrected chi connectivity index (χ4v) is 2.05. The zero-order valence-electron chi connectivity index (χ0n) is 11.8. The lowest BCUT2D eigenvalue weighted by Gasteiger charge is -2.26. The molecule has 0 spiro atoms. The van der Waals surface area contributed by atoms with Gasteiger partial charge in [0.05, 0.1) is 25.6 Å². The second kappa shape index (κ2) is 8.04. The Kier molecular flexibility index (Phi) is 6.04. The number of halogens is 1. The van der Waals surface area contributed by atoms with Gasteiger partial charge in [-0.15, -0.1) is 0 Å². The highest BCUT2D eigenvalue weighted by atomic mass is 19.1. The molecule has 2 rings (SSSR count). The van der Waals surface area contributed by atoms with Gasteiger partial charge in [0.25, 0.3) is 0 Å². The summed E-state index contributed by atoms with van der Waals surface area (Å²) in [5, 5.41) is 5.86. The SMILES string of the molecule is CNCNc1cccc(OCCN2CCOCC2)c1F. The predicted octanol–water partition coefficient (Wildman–Crippen LogP) is 1.13. The van der Waals surface area contributed by atoms with Crippen LogP contribution in [0.2, 0.25) is 0 Å². The number of ether oxygens (including phenoxy) is 2. The molecule has 1 fully saturated rings. The van der Waals surface area contributed by atoms with Crippen molar-refractivity contribution in [3.05, 3.63) is 24.0 Å². The maximum absolute atomic E-state index is 14.1. The van der Waals surface area contributed by atoms with E-state index >= 15 is 0 Å². The standard InChI is InChI=1S/C14H22FN3O2/c1-16-11-17-12-3-2-4-13(14(12)15)20-10-7-18-5-8-19-9-6-18/h2-4,16-17H,5-11H2,1H3. The van der Waals surface area contributed by atoms with Crippen LogP contribution in [0.15, 0.2) is 18.2 Å². The third-order valence-electron chi connectivity index (χ3n) is 3.19. The fraction of sp³-hybridized carbons (Fsp3) is 0.571. The van der Waals surface area contributed by atoms with Gasteiger partial charge in [0.15, 0.2) is 11.6 Å². The second-order valence-electron chi connectivity index (χ2n) is 4.63. The highest BCUT2D eigenvalue weighted by molar-refractivity contribution is 5.50. The van der Waals surface area contributed by atoms with E-state index in [9.17, 15) is 4.39 Å². The lowest BCUT2D eigenvalue weighted by atomic mass is 10.3. The molecule has 0 bridgehead atoms. The number of nitrogens with zero attached hydrogens (tertiary/aromatic N) is 1. The Labute approximate surface area is 119 Å². The third-order valence-corrected chi connectivity index (χ3v) is 3.19. The largest absolute Gasteiger partial charge is 0.489 e. The van der Waals surface area contributed by atoms with Crippen LogP contribution < -0.4 is 15.4 Å². The number of anilines is 1. The maximum Gasteiger partial charge on any atom is 0.188 e. The van der Waals surface area contributed by atoms with Gasteiger partial charge in [0, 0.05) is 19.6 Å². The molecule has 5 nitrogen and oxygen atoms in total. The molecule has 0 unspecified atom stereocenters. The van der Waals surface area contributed by atoms with Crippen LogP contribution in [0.4, 0.5) is 10.1 Å². The molecule has 0 saturated carbocycles. The molecule has 0 aliphatic carbocycles. The Hall–Kier alpha value is -1.37. The average Bonchev–Trinajstić information content (AvgIpc) is 2.49. The summed E-state index contributed by atoms with van der Waals surface area (Å²) >= 11 is 0. The van der Waals surface area contributed by atoms with Crippen LogP contribution in [0.1, 0.15) is 0 Å². The minimum atomic E-state index is -0.343. The van der Waals surface area contributed by atoms with Crippen molar-refractivity contribution in [3.8, 4) is 5.75 Å². The van der Waals surface area contributed by atoms with Crippen LogP contribution in [-0.2, 0) is 4.74 Å².